The third-order valence-corrected chi connectivity index (χ3v) is 3.97. The van der Waals surface area contributed by atoms with E-state index in [0.717, 1.165) is 28.8 Å². The Morgan fingerprint density at radius 1 is 1.47 bits per heavy atom. The minimum Gasteiger partial charge on any atom is -0.497 e. The quantitative estimate of drug-likeness (QED) is 0.901. The Hall–Kier alpha value is -0.580. The van der Waals surface area contributed by atoms with Crippen molar-refractivity contribution >= 4 is 15.9 Å². The molecule has 2 rings (SSSR count). The van der Waals surface area contributed by atoms with Crippen LogP contribution < -0.4 is 10.1 Å². The van der Waals surface area contributed by atoms with Gasteiger partial charge in [-0.25, -0.2) is 0 Å². The van der Waals surface area contributed by atoms with Gasteiger partial charge in [0.2, 0.25) is 0 Å². The van der Waals surface area contributed by atoms with Crippen molar-refractivity contribution in [3.05, 3.63) is 28.2 Å². The first-order valence-corrected chi connectivity index (χ1v) is 6.76. The smallest absolute Gasteiger partial charge is 0.119 e. The number of aliphatic hydroxyl groups is 1. The first-order valence-electron chi connectivity index (χ1n) is 5.97. The molecule has 1 aromatic rings. The minimum absolute atomic E-state index is 0.146. The molecule has 1 fully saturated rings. The number of nitrogens with one attached hydrogen (secondary N) is 1. The summed E-state index contributed by atoms with van der Waals surface area (Å²) in [4.78, 5) is 0. The van der Waals surface area contributed by atoms with Crippen LogP contribution in [0.1, 0.15) is 30.9 Å². The van der Waals surface area contributed by atoms with Crippen LogP contribution in [0.15, 0.2) is 22.7 Å². The number of rotatable bonds is 3. The van der Waals surface area contributed by atoms with Gasteiger partial charge in [0.05, 0.1) is 13.2 Å². The molecule has 0 radical (unpaired) electrons. The summed E-state index contributed by atoms with van der Waals surface area (Å²) in [5, 5.41) is 13.8. The maximum absolute atomic E-state index is 10.4. The zero-order valence-corrected chi connectivity index (χ0v) is 11.5. The summed E-state index contributed by atoms with van der Waals surface area (Å²) < 4.78 is 6.12. The fraction of sp³-hybridized carbons (Fsp3) is 0.538. The molecule has 17 heavy (non-hydrogen) atoms. The van der Waals surface area contributed by atoms with Gasteiger partial charge < -0.3 is 15.2 Å². The maximum Gasteiger partial charge on any atom is 0.119 e. The molecule has 4 heteroatoms. The second kappa shape index (κ2) is 5.85. The van der Waals surface area contributed by atoms with Crippen LogP contribution in [0.4, 0.5) is 0 Å². The van der Waals surface area contributed by atoms with Crippen LogP contribution >= 0.6 is 15.9 Å². The highest BCUT2D eigenvalue weighted by molar-refractivity contribution is 9.10. The second-order valence-electron chi connectivity index (χ2n) is 4.39. The lowest BCUT2D eigenvalue weighted by Gasteiger charge is -2.28. The SMILES string of the molecule is COc1ccc(Br)c(C(O)C2CCCCN2)c1. The van der Waals surface area contributed by atoms with Gasteiger partial charge in [-0.1, -0.05) is 22.4 Å². The molecule has 1 aliphatic heterocycles. The number of ether oxygens (including phenoxy) is 1. The van der Waals surface area contributed by atoms with Crippen LogP contribution in [0.2, 0.25) is 0 Å². The van der Waals surface area contributed by atoms with E-state index in [0.29, 0.717) is 0 Å². The fourth-order valence-electron chi connectivity index (χ4n) is 2.24. The van der Waals surface area contributed by atoms with Crippen molar-refractivity contribution in [2.24, 2.45) is 0 Å². The largest absolute Gasteiger partial charge is 0.497 e. The van der Waals surface area contributed by atoms with Crippen LogP contribution in [-0.2, 0) is 0 Å². The molecule has 2 unspecified atom stereocenters. The van der Waals surface area contributed by atoms with E-state index < -0.39 is 6.10 Å². The van der Waals surface area contributed by atoms with E-state index in [1.165, 1.54) is 12.8 Å². The normalized spacial score (nSPS) is 22.2. The first kappa shape index (κ1) is 12.9. The molecule has 0 aromatic heterocycles. The van der Waals surface area contributed by atoms with Crippen LogP contribution in [0, 0.1) is 0 Å². The molecule has 2 N–H and O–H groups in total. The fourth-order valence-corrected chi connectivity index (χ4v) is 2.72. The van der Waals surface area contributed by atoms with Crippen LogP contribution in [-0.4, -0.2) is 24.8 Å². The summed E-state index contributed by atoms with van der Waals surface area (Å²) in [7, 11) is 1.64. The monoisotopic (exact) mass is 299 g/mol. The molecular weight excluding hydrogens is 282 g/mol. The van der Waals surface area contributed by atoms with E-state index in [-0.39, 0.29) is 6.04 Å². The van der Waals surface area contributed by atoms with E-state index in [4.69, 9.17) is 4.74 Å². The van der Waals surface area contributed by atoms with Gasteiger partial charge >= 0.3 is 0 Å². The van der Waals surface area contributed by atoms with E-state index in [9.17, 15) is 5.11 Å². The van der Waals surface area contributed by atoms with Gasteiger partial charge in [-0.15, -0.1) is 0 Å². The average Bonchev–Trinajstić information content (AvgIpc) is 2.39. The number of aliphatic hydroxyl groups excluding tert-OH is 1. The molecule has 0 spiro atoms. The molecule has 1 saturated heterocycles. The summed E-state index contributed by atoms with van der Waals surface area (Å²) >= 11 is 3.48. The Bertz CT molecular complexity index is 378. The Morgan fingerprint density at radius 3 is 2.94 bits per heavy atom. The molecule has 0 amide bonds. The van der Waals surface area contributed by atoms with Crippen molar-refractivity contribution < 1.29 is 9.84 Å². The standard InChI is InChI=1S/C13H18BrNO2/c1-17-9-5-6-11(14)10(8-9)13(16)12-4-2-3-7-15-12/h5-6,8,12-13,15-16H,2-4,7H2,1H3. The molecular formula is C13H18BrNO2. The number of piperidine rings is 1. The molecule has 1 aromatic carbocycles. The van der Waals surface area contributed by atoms with Crippen molar-refractivity contribution in [2.75, 3.05) is 13.7 Å². The summed E-state index contributed by atoms with van der Waals surface area (Å²) in [5.74, 6) is 0.776. The van der Waals surface area contributed by atoms with Gasteiger partial charge in [-0.05, 0) is 43.1 Å². The lowest BCUT2D eigenvalue weighted by Crippen LogP contribution is -2.38. The molecule has 2 atom stereocenters. The molecule has 0 saturated carbocycles. The number of methoxy groups -OCH3 is 1. The van der Waals surface area contributed by atoms with Gasteiger partial charge in [-0.3, -0.25) is 0 Å². The predicted octanol–water partition coefficient (Wildman–Crippen LogP) is 2.63. The van der Waals surface area contributed by atoms with Crippen molar-refractivity contribution in [3.63, 3.8) is 0 Å². The van der Waals surface area contributed by atoms with Crippen molar-refractivity contribution in [3.8, 4) is 5.75 Å². The third-order valence-electron chi connectivity index (χ3n) is 3.25. The number of hydrogen-bond donors (Lipinski definition) is 2. The summed E-state index contributed by atoms with van der Waals surface area (Å²) in [6, 6.07) is 5.84. The highest BCUT2D eigenvalue weighted by Gasteiger charge is 2.24. The summed E-state index contributed by atoms with van der Waals surface area (Å²) in [5.41, 5.74) is 0.892. The minimum atomic E-state index is -0.486. The maximum atomic E-state index is 10.4. The average molecular weight is 300 g/mol. The molecule has 0 bridgehead atoms. The molecule has 1 aliphatic rings. The van der Waals surface area contributed by atoms with Crippen LogP contribution in [0.5, 0.6) is 5.75 Å². The first-order chi connectivity index (χ1) is 8.22. The zero-order valence-electron chi connectivity index (χ0n) is 9.95. The van der Waals surface area contributed by atoms with E-state index in [2.05, 4.69) is 21.2 Å². The van der Waals surface area contributed by atoms with Gasteiger partial charge in [0.1, 0.15) is 5.75 Å². The van der Waals surface area contributed by atoms with Gasteiger partial charge in [0.25, 0.3) is 0 Å². The van der Waals surface area contributed by atoms with Gasteiger partial charge in [-0.2, -0.15) is 0 Å². The van der Waals surface area contributed by atoms with Crippen LogP contribution in [0.3, 0.4) is 0 Å². The molecule has 3 nitrogen and oxygen atoms in total. The number of benzene rings is 1. The summed E-state index contributed by atoms with van der Waals surface area (Å²) in [6.07, 6.45) is 2.91. The van der Waals surface area contributed by atoms with Gasteiger partial charge in [0.15, 0.2) is 0 Å². The van der Waals surface area contributed by atoms with E-state index in [1.54, 1.807) is 7.11 Å². The van der Waals surface area contributed by atoms with Gasteiger partial charge in [0, 0.05) is 10.5 Å². The Morgan fingerprint density at radius 2 is 2.29 bits per heavy atom. The Balaban J connectivity index is 2.19. The Kier molecular flexibility index (Phi) is 4.42. The third kappa shape index (κ3) is 3.00. The molecule has 1 heterocycles. The van der Waals surface area contributed by atoms with Crippen molar-refractivity contribution in [1.29, 1.82) is 0 Å². The summed E-state index contributed by atoms with van der Waals surface area (Å²) in [6.45, 7) is 0.989. The topological polar surface area (TPSA) is 41.5 Å². The molecule has 0 aliphatic carbocycles. The van der Waals surface area contributed by atoms with Crippen molar-refractivity contribution in [2.45, 2.75) is 31.4 Å². The number of halogens is 1. The number of hydrogen-bond acceptors (Lipinski definition) is 3. The van der Waals surface area contributed by atoms with E-state index in [1.807, 2.05) is 18.2 Å². The lowest BCUT2D eigenvalue weighted by molar-refractivity contribution is 0.113. The van der Waals surface area contributed by atoms with E-state index >= 15 is 0 Å². The second-order valence-corrected chi connectivity index (χ2v) is 5.24. The van der Waals surface area contributed by atoms with Crippen LogP contribution in [0.25, 0.3) is 0 Å². The highest BCUT2D eigenvalue weighted by Crippen LogP contribution is 2.31. The Labute approximate surface area is 110 Å². The lowest BCUT2D eigenvalue weighted by atomic mass is 9.95. The highest BCUT2D eigenvalue weighted by atomic mass is 79.9. The van der Waals surface area contributed by atoms with Crippen molar-refractivity contribution in [1.82, 2.24) is 5.32 Å². The predicted molar refractivity (Wildman–Crippen MR) is 71.3 cm³/mol. The zero-order chi connectivity index (χ0) is 12.3. The molecule has 94 valence electrons.